The number of ether oxygens (including phenoxy) is 2. The number of carbonyl (C=O) groups is 1. The lowest BCUT2D eigenvalue weighted by Crippen LogP contribution is -2.14. The van der Waals surface area contributed by atoms with E-state index in [1.807, 2.05) is 32.0 Å². The molecule has 0 unspecified atom stereocenters. The normalized spacial score (nSPS) is 10.1. The van der Waals surface area contributed by atoms with Crippen LogP contribution in [-0.4, -0.2) is 20.1 Å². The highest BCUT2D eigenvalue weighted by molar-refractivity contribution is 6.07. The van der Waals surface area contributed by atoms with Crippen molar-refractivity contribution in [3.8, 4) is 11.5 Å². The molecule has 0 bridgehead atoms. The molecule has 0 saturated carbocycles. The number of hydrogen-bond acceptors (Lipinski definition) is 3. The van der Waals surface area contributed by atoms with E-state index < -0.39 is 0 Å². The van der Waals surface area contributed by atoms with Gasteiger partial charge in [0.2, 0.25) is 0 Å². The molecule has 4 nitrogen and oxygen atoms in total. The molecule has 21 heavy (non-hydrogen) atoms. The largest absolute Gasteiger partial charge is 0.493 e. The van der Waals surface area contributed by atoms with Gasteiger partial charge in [-0.1, -0.05) is 18.2 Å². The van der Waals surface area contributed by atoms with Gasteiger partial charge in [-0.05, 0) is 43.2 Å². The van der Waals surface area contributed by atoms with Gasteiger partial charge in [-0.15, -0.1) is 0 Å². The minimum atomic E-state index is -0.223. The smallest absolute Gasteiger partial charge is 0.259 e. The highest BCUT2D eigenvalue weighted by atomic mass is 16.5. The average molecular weight is 285 g/mol. The van der Waals surface area contributed by atoms with Gasteiger partial charge in [0.25, 0.3) is 5.91 Å². The number of para-hydroxylation sites is 1. The van der Waals surface area contributed by atoms with E-state index >= 15 is 0 Å². The lowest BCUT2D eigenvalue weighted by molar-refractivity contribution is 0.102. The van der Waals surface area contributed by atoms with Gasteiger partial charge in [0.15, 0.2) is 11.5 Å². The third-order valence-electron chi connectivity index (χ3n) is 3.50. The van der Waals surface area contributed by atoms with Crippen molar-refractivity contribution in [2.24, 2.45) is 0 Å². The molecule has 0 aliphatic carbocycles. The van der Waals surface area contributed by atoms with Crippen LogP contribution in [-0.2, 0) is 0 Å². The van der Waals surface area contributed by atoms with Crippen LogP contribution in [0.5, 0.6) is 11.5 Å². The first-order chi connectivity index (χ1) is 10.1. The highest BCUT2D eigenvalue weighted by Crippen LogP contribution is 2.31. The minimum absolute atomic E-state index is 0.223. The van der Waals surface area contributed by atoms with Crippen LogP contribution in [0, 0.1) is 13.8 Å². The Labute approximate surface area is 124 Å². The Kier molecular flexibility index (Phi) is 4.48. The molecule has 1 N–H and O–H groups in total. The van der Waals surface area contributed by atoms with Crippen molar-refractivity contribution in [3.05, 3.63) is 53.1 Å². The maximum atomic E-state index is 12.5. The number of anilines is 1. The number of aryl methyl sites for hydroxylation is 1. The van der Waals surface area contributed by atoms with Crippen molar-refractivity contribution in [1.29, 1.82) is 0 Å². The number of carbonyl (C=O) groups excluding carboxylic acids is 1. The van der Waals surface area contributed by atoms with Gasteiger partial charge in [0.05, 0.1) is 19.8 Å². The molecule has 2 aromatic carbocycles. The second kappa shape index (κ2) is 6.31. The van der Waals surface area contributed by atoms with Gasteiger partial charge in [0.1, 0.15) is 0 Å². The van der Waals surface area contributed by atoms with Crippen LogP contribution in [0.25, 0.3) is 0 Å². The second-order valence-corrected chi connectivity index (χ2v) is 4.74. The molecule has 4 heteroatoms. The molecule has 0 heterocycles. The first-order valence-corrected chi connectivity index (χ1v) is 6.67. The fourth-order valence-electron chi connectivity index (χ4n) is 2.14. The quantitative estimate of drug-likeness (QED) is 0.934. The van der Waals surface area contributed by atoms with Crippen LogP contribution in [0.15, 0.2) is 36.4 Å². The van der Waals surface area contributed by atoms with E-state index in [1.54, 1.807) is 25.3 Å². The first kappa shape index (κ1) is 14.9. The van der Waals surface area contributed by atoms with Gasteiger partial charge in [-0.3, -0.25) is 4.79 Å². The van der Waals surface area contributed by atoms with Crippen LogP contribution in [0.1, 0.15) is 21.5 Å². The Balaban J connectivity index is 2.35. The Morgan fingerprint density at radius 1 is 1.00 bits per heavy atom. The molecule has 0 radical (unpaired) electrons. The Bertz CT molecular complexity index is 665. The maximum absolute atomic E-state index is 12.5. The summed E-state index contributed by atoms with van der Waals surface area (Å²) in [7, 11) is 3.07. The Morgan fingerprint density at radius 2 is 1.71 bits per heavy atom. The van der Waals surface area contributed by atoms with Crippen LogP contribution in [0.3, 0.4) is 0 Å². The molecule has 0 spiro atoms. The predicted octanol–water partition coefficient (Wildman–Crippen LogP) is 3.57. The third-order valence-corrected chi connectivity index (χ3v) is 3.50. The molecule has 0 fully saturated rings. The number of nitrogens with one attached hydrogen (secondary N) is 1. The monoisotopic (exact) mass is 285 g/mol. The van der Waals surface area contributed by atoms with Crippen molar-refractivity contribution in [1.82, 2.24) is 0 Å². The molecular weight excluding hydrogens is 266 g/mol. The third kappa shape index (κ3) is 2.99. The fourth-order valence-corrected chi connectivity index (χ4v) is 2.14. The van der Waals surface area contributed by atoms with E-state index in [2.05, 4.69) is 5.32 Å². The summed E-state index contributed by atoms with van der Waals surface area (Å²) in [5.41, 5.74) is 3.42. The standard InChI is InChI=1S/C17H19NO3/c1-11-7-5-9-14(12(11)2)18-17(19)13-8-6-10-15(20-3)16(13)21-4/h5-10H,1-4H3,(H,18,19). The number of benzene rings is 2. The molecule has 0 aliphatic heterocycles. The lowest BCUT2D eigenvalue weighted by Gasteiger charge is -2.14. The molecular formula is C17H19NO3. The zero-order chi connectivity index (χ0) is 15.4. The van der Waals surface area contributed by atoms with Crippen molar-refractivity contribution in [3.63, 3.8) is 0 Å². The van der Waals surface area contributed by atoms with E-state index in [0.717, 1.165) is 16.8 Å². The van der Waals surface area contributed by atoms with Crippen molar-refractivity contribution in [2.75, 3.05) is 19.5 Å². The summed E-state index contributed by atoms with van der Waals surface area (Å²) < 4.78 is 10.5. The van der Waals surface area contributed by atoms with Gasteiger partial charge in [-0.25, -0.2) is 0 Å². The van der Waals surface area contributed by atoms with Gasteiger partial charge in [-0.2, -0.15) is 0 Å². The molecule has 2 aromatic rings. The Hall–Kier alpha value is -2.49. The minimum Gasteiger partial charge on any atom is -0.493 e. The van der Waals surface area contributed by atoms with Crippen molar-refractivity contribution >= 4 is 11.6 Å². The van der Waals surface area contributed by atoms with Crippen LogP contribution in [0.2, 0.25) is 0 Å². The van der Waals surface area contributed by atoms with E-state index in [-0.39, 0.29) is 5.91 Å². The van der Waals surface area contributed by atoms with Gasteiger partial charge < -0.3 is 14.8 Å². The topological polar surface area (TPSA) is 47.6 Å². The molecule has 0 aliphatic rings. The molecule has 1 amide bonds. The van der Waals surface area contributed by atoms with Crippen molar-refractivity contribution < 1.29 is 14.3 Å². The first-order valence-electron chi connectivity index (χ1n) is 6.67. The predicted molar refractivity (Wildman–Crippen MR) is 83.4 cm³/mol. The van der Waals surface area contributed by atoms with Gasteiger partial charge in [0, 0.05) is 5.69 Å². The van der Waals surface area contributed by atoms with Crippen LogP contribution < -0.4 is 14.8 Å². The number of hydrogen-bond donors (Lipinski definition) is 1. The summed E-state index contributed by atoms with van der Waals surface area (Å²) >= 11 is 0. The zero-order valence-corrected chi connectivity index (χ0v) is 12.7. The number of methoxy groups -OCH3 is 2. The van der Waals surface area contributed by atoms with E-state index in [0.29, 0.717) is 17.1 Å². The maximum Gasteiger partial charge on any atom is 0.259 e. The Morgan fingerprint density at radius 3 is 2.38 bits per heavy atom. The molecule has 2 rings (SSSR count). The summed E-state index contributed by atoms with van der Waals surface area (Å²) in [6.45, 7) is 3.99. The van der Waals surface area contributed by atoms with Gasteiger partial charge >= 0.3 is 0 Å². The van der Waals surface area contributed by atoms with E-state index in [4.69, 9.17) is 9.47 Å². The highest BCUT2D eigenvalue weighted by Gasteiger charge is 2.17. The van der Waals surface area contributed by atoms with Crippen molar-refractivity contribution in [2.45, 2.75) is 13.8 Å². The molecule has 0 aromatic heterocycles. The molecule has 0 atom stereocenters. The molecule has 0 saturated heterocycles. The van der Waals surface area contributed by atoms with E-state index in [1.165, 1.54) is 7.11 Å². The fraction of sp³-hybridized carbons (Fsp3) is 0.235. The lowest BCUT2D eigenvalue weighted by atomic mass is 10.1. The summed E-state index contributed by atoms with van der Waals surface area (Å²) in [6, 6.07) is 11.0. The van der Waals surface area contributed by atoms with E-state index in [9.17, 15) is 4.79 Å². The second-order valence-electron chi connectivity index (χ2n) is 4.74. The summed E-state index contributed by atoms with van der Waals surface area (Å²) in [4.78, 5) is 12.5. The molecule has 110 valence electrons. The van der Waals surface area contributed by atoms with Crippen LogP contribution >= 0.6 is 0 Å². The summed E-state index contributed by atoms with van der Waals surface area (Å²) in [5.74, 6) is 0.744. The zero-order valence-electron chi connectivity index (χ0n) is 12.7. The average Bonchev–Trinajstić information content (AvgIpc) is 2.50. The number of rotatable bonds is 4. The SMILES string of the molecule is COc1cccc(C(=O)Nc2cccc(C)c2C)c1OC. The summed E-state index contributed by atoms with van der Waals surface area (Å²) in [5, 5.41) is 2.92. The van der Waals surface area contributed by atoms with Crippen LogP contribution in [0.4, 0.5) is 5.69 Å². The number of amides is 1. The summed E-state index contributed by atoms with van der Waals surface area (Å²) in [6.07, 6.45) is 0.